The highest BCUT2D eigenvalue weighted by Gasteiger charge is 2.19. The molecule has 0 spiro atoms. The minimum absolute atomic E-state index is 0.0137. The van der Waals surface area contributed by atoms with E-state index in [1.54, 1.807) is 0 Å². The number of anilines is 1. The van der Waals surface area contributed by atoms with Crippen molar-refractivity contribution in [2.24, 2.45) is 11.8 Å². The number of aliphatic carboxylic acids is 1. The maximum Gasteiger partial charge on any atom is 0.309 e. The van der Waals surface area contributed by atoms with E-state index < -0.39 is 5.97 Å². The van der Waals surface area contributed by atoms with Crippen molar-refractivity contribution in [2.75, 3.05) is 11.9 Å². The Morgan fingerprint density at radius 3 is 2.74 bits per heavy atom. The molecule has 0 unspecified atom stereocenters. The number of aromatic nitrogens is 1. The number of thiazole rings is 1. The summed E-state index contributed by atoms with van der Waals surface area (Å²) in [6.07, 6.45) is 6.64. The summed E-state index contributed by atoms with van der Waals surface area (Å²) in [5.74, 6) is 0.850. The van der Waals surface area contributed by atoms with E-state index in [2.05, 4.69) is 17.2 Å². The van der Waals surface area contributed by atoms with Crippen molar-refractivity contribution < 1.29 is 9.90 Å². The van der Waals surface area contributed by atoms with E-state index in [9.17, 15) is 4.79 Å². The minimum atomic E-state index is -0.824. The first kappa shape index (κ1) is 14.3. The van der Waals surface area contributed by atoms with Gasteiger partial charge in [-0.05, 0) is 24.7 Å². The predicted octanol–water partition coefficient (Wildman–Crippen LogP) is 3.40. The minimum Gasteiger partial charge on any atom is -0.481 e. The molecule has 0 saturated heterocycles. The molecule has 1 aromatic rings. The molecule has 0 bridgehead atoms. The van der Waals surface area contributed by atoms with Crippen molar-refractivity contribution >= 4 is 22.4 Å². The van der Waals surface area contributed by atoms with Gasteiger partial charge >= 0.3 is 5.97 Å². The topological polar surface area (TPSA) is 62.2 Å². The average Bonchev–Trinajstić information content (AvgIpc) is 2.84. The van der Waals surface area contributed by atoms with Crippen LogP contribution in [-0.4, -0.2) is 22.6 Å². The molecule has 0 aromatic carbocycles. The number of nitrogens with one attached hydrogen (secondary N) is 1. The van der Waals surface area contributed by atoms with Gasteiger partial charge in [0.25, 0.3) is 0 Å². The summed E-state index contributed by atoms with van der Waals surface area (Å²) < 4.78 is 0. The Labute approximate surface area is 118 Å². The summed E-state index contributed by atoms with van der Waals surface area (Å²) in [5, 5.41) is 14.7. The lowest BCUT2D eigenvalue weighted by Crippen LogP contribution is -2.20. The summed E-state index contributed by atoms with van der Waals surface area (Å²) in [4.78, 5) is 14.9. The molecule has 1 heterocycles. The fourth-order valence-electron chi connectivity index (χ4n) is 2.70. The van der Waals surface area contributed by atoms with Gasteiger partial charge in [-0.15, -0.1) is 11.3 Å². The SMILES string of the molecule is CCC1CCC(CNc2nc(CC(=O)O)cs2)CC1. The molecule has 2 N–H and O–H groups in total. The first-order valence-corrected chi connectivity index (χ1v) is 7.95. The van der Waals surface area contributed by atoms with Gasteiger partial charge < -0.3 is 10.4 Å². The van der Waals surface area contributed by atoms with E-state index in [4.69, 9.17) is 5.11 Å². The number of carboxylic acids is 1. The van der Waals surface area contributed by atoms with Crippen LogP contribution in [0.2, 0.25) is 0 Å². The first-order valence-electron chi connectivity index (χ1n) is 7.07. The lowest BCUT2D eigenvalue weighted by Gasteiger charge is -2.27. The second kappa shape index (κ2) is 6.89. The summed E-state index contributed by atoms with van der Waals surface area (Å²) in [7, 11) is 0. The molecule has 4 nitrogen and oxygen atoms in total. The quantitative estimate of drug-likeness (QED) is 0.839. The third-order valence-corrected chi connectivity index (χ3v) is 4.82. The zero-order valence-corrected chi connectivity index (χ0v) is 12.2. The van der Waals surface area contributed by atoms with Gasteiger partial charge in [-0.3, -0.25) is 4.79 Å². The van der Waals surface area contributed by atoms with Gasteiger partial charge in [0.1, 0.15) is 0 Å². The Balaban J connectivity index is 1.73. The average molecular weight is 282 g/mol. The molecule has 19 heavy (non-hydrogen) atoms. The molecular weight excluding hydrogens is 260 g/mol. The summed E-state index contributed by atoms with van der Waals surface area (Å²) in [6, 6.07) is 0. The molecule has 0 radical (unpaired) electrons. The fraction of sp³-hybridized carbons (Fsp3) is 0.714. The summed E-state index contributed by atoms with van der Waals surface area (Å²) >= 11 is 1.50. The van der Waals surface area contributed by atoms with E-state index in [0.29, 0.717) is 5.69 Å². The maximum atomic E-state index is 10.6. The molecular formula is C14H22N2O2S. The van der Waals surface area contributed by atoms with E-state index in [-0.39, 0.29) is 6.42 Å². The maximum absolute atomic E-state index is 10.6. The first-order chi connectivity index (χ1) is 9.17. The third kappa shape index (κ3) is 4.49. The monoisotopic (exact) mass is 282 g/mol. The Morgan fingerprint density at radius 1 is 1.42 bits per heavy atom. The van der Waals surface area contributed by atoms with Crippen molar-refractivity contribution in [3.05, 3.63) is 11.1 Å². The number of rotatable bonds is 6. The molecule has 0 atom stereocenters. The lowest BCUT2D eigenvalue weighted by molar-refractivity contribution is -0.136. The smallest absolute Gasteiger partial charge is 0.309 e. The second-order valence-corrected chi connectivity index (χ2v) is 6.25. The van der Waals surface area contributed by atoms with Crippen LogP contribution in [0.25, 0.3) is 0 Å². The Hall–Kier alpha value is -1.10. The van der Waals surface area contributed by atoms with Crippen molar-refractivity contribution in [3.8, 4) is 0 Å². The molecule has 5 heteroatoms. The van der Waals surface area contributed by atoms with Crippen LogP contribution in [0.1, 0.15) is 44.7 Å². The van der Waals surface area contributed by atoms with Crippen molar-refractivity contribution in [2.45, 2.75) is 45.4 Å². The number of hydrogen-bond donors (Lipinski definition) is 2. The molecule has 106 valence electrons. The molecule has 1 aliphatic carbocycles. The van der Waals surface area contributed by atoms with Crippen LogP contribution in [0.5, 0.6) is 0 Å². The highest BCUT2D eigenvalue weighted by molar-refractivity contribution is 7.13. The highest BCUT2D eigenvalue weighted by Crippen LogP contribution is 2.30. The third-order valence-electron chi connectivity index (χ3n) is 3.97. The zero-order valence-electron chi connectivity index (χ0n) is 11.4. The number of carboxylic acid groups (broad SMARTS) is 1. The van der Waals surface area contributed by atoms with Gasteiger partial charge in [0.05, 0.1) is 12.1 Å². The number of hydrogen-bond acceptors (Lipinski definition) is 4. The van der Waals surface area contributed by atoms with Crippen LogP contribution in [0, 0.1) is 11.8 Å². The molecule has 0 aliphatic heterocycles. The fourth-order valence-corrected chi connectivity index (χ4v) is 3.42. The van der Waals surface area contributed by atoms with Gasteiger partial charge in [-0.1, -0.05) is 26.2 Å². The Kier molecular flexibility index (Phi) is 5.19. The molecule has 1 aromatic heterocycles. The van der Waals surface area contributed by atoms with Gasteiger partial charge in [-0.25, -0.2) is 4.98 Å². The number of nitrogens with zero attached hydrogens (tertiary/aromatic N) is 1. The van der Waals surface area contributed by atoms with Crippen LogP contribution >= 0.6 is 11.3 Å². The van der Waals surface area contributed by atoms with Crippen LogP contribution < -0.4 is 5.32 Å². The van der Waals surface area contributed by atoms with Gasteiger partial charge in [0, 0.05) is 11.9 Å². The van der Waals surface area contributed by atoms with Crippen LogP contribution in [0.3, 0.4) is 0 Å². The van der Waals surface area contributed by atoms with E-state index in [1.807, 2.05) is 5.38 Å². The van der Waals surface area contributed by atoms with Crippen molar-refractivity contribution in [1.82, 2.24) is 4.98 Å². The molecule has 1 aliphatic rings. The van der Waals surface area contributed by atoms with Crippen molar-refractivity contribution in [3.63, 3.8) is 0 Å². The van der Waals surface area contributed by atoms with Crippen LogP contribution in [-0.2, 0) is 11.2 Å². The lowest BCUT2D eigenvalue weighted by atomic mass is 9.81. The van der Waals surface area contributed by atoms with E-state index in [0.717, 1.165) is 23.5 Å². The standard InChI is InChI=1S/C14H22N2O2S/c1-2-10-3-5-11(6-4-10)8-15-14-16-12(9-19-14)7-13(17)18/h9-11H,2-8H2,1H3,(H,15,16)(H,17,18). The van der Waals surface area contributed by atoms with Gasteiger partial charge in [-0.2, -0.15) is 0 Å². The highest BCUT2D eigenvalue weighted by atomic mass is 32.1. The van der Waals surface area contributed by atoms with Gasteiger partial charge in [0.15, 0.2) is 5.13 Å². The van der Waals surface area contributed by atoms with E-state index in [1.165, 1.54) is 43.4 Å². The van der Waals surface area contributed by atoms with Crippen LogP contribution in [0.4, 0.5) is 5.13 Å². The number of carbonyl (C=O) groups is 1. The molecule has 1 saturated carbocycles. The largest absolute Gasteiger partial charge is 0.481 e. The molecule has 2 rings (SSSR count). The van der Waals surface area contributed by atoms with Crippen molar-refractivity contribution in [1.29, 1.82) is 0 Å². The van der Waals surface area contributed by atoms with Gasteiger partial charge in [0.2, 0.25) is 0 Å². The van der Waals surface area contributed by atoms with Crippen LogP contribution in [0.15, 0.2) is 5.38 Å². The zero-order chi connectivity index (χ0) is 13.7. The normalized spacial score (nSPS) is 23.2. The Morgan fingerprint density at radius 2 is 2.11 bits per heavy atom. The summed E-state index contributed by atoms with van der Waals surface area (Å²) in [5.41, 5.74) is 0.648. The molecule has 0 amide bonds. The summed E-state index contributed by atoms with van der Waals surface area (Å²) in [6.45, 7) is 3.25. The second-order valence-electron chi connectivity index (χ2n) is 5.39. The Bertz CT molecular complexity index is 411. The molecule has 1 fully saturated rings. The van der Waals surface area contributed by atoms with E-state index >= 15 is 0 Å². The predicted molar refractivity (Wildman–Crippen MR) is 77.7 cm³/mol.